The fourth-order valence-corrected chi connectivity index (χ4v) is 4.77. The van der Waals surface area contributed by atoms with Crippen LogP contribution in [0.3, 0.4) is 0 Å². The number of halogens is 1. The predicted octanol–water partition coefficient (Wildman–Crippen LogP) is 3.83. The van der Waals surface area contributed by atoms with Gasteiger partial charge in [0.15, 0.2) is 15.7 Å². The molecule has 1 aromatic carbocycles. The molecule has 1 aliphatic rings. The number of nitrogens with one attached hydrogen (secondary N) is 1. The Labute approximate surface area is 180 Å². The second-order valence-electron chi connectivity index (χ2n) is 7.32. The summed E-state index contributed by atoms with van der Waals surface area (Å²) in [4.78, 5) is 17.5. The number of aryl methyl sites for hydroxylation is 3. The van der Waals surface area contributed by atoms with E-state index < -0.39 is 26.8 Å². The molecule has 3 aromatic rings. The molecule has 0 saturated heterocycles. The second kappa shape index (κ2) is 8.20. The number of hydrogen-bond donors (Lipinski definition) is 2. The molecule has 1 aliphatic carbocycles. The van der Waals surface area contributed by atoms with E-state index in [1.54, 1.807) is 6.92 Å². The monoisotopic (exact) mass is 442 g/mol. The summed E-state index contributed by atoms with van der Waals surface area (Å²) >= 11 is 0. The summed E-state index contributed by atoms with van der Waals surface area (Å²) in [5.74, 6) is -0.864. The Morgan fingerprint density at radius 2 is 2.06 bits per heavy atom. The minimum absolute atomic E-state index is 0.363. The van der Waals surface area contributed by atoms with Gasteiger partial charge in [-0.05, 0) is 44.2 Å². The third-order valence-corrected chi connectivity index (χ3v) is 6.47. The Morgan fingerprint density at radius 1 is 1.32 bits per heavy atom. The lowest BCUT2D eigenvalue weighted by atomic mass is 9.98. The van der Waals surface area contributed by atoms with Crippen LogP contribution < -0.4 is 10.5 Å². The van der Waals surface area contributed by atoms with Gasteiger partial charge in [0.25, 0.3) is 0 Å². The summed E-state index contributed by atoms with van der Waals surface area (Å²) < 4.78 is 31.8. The van der Waals surface area contributed by atoms with Gasteiger partial charge < -0.3 is 5.32 Å². The SMILES string of the molecule is CCn1cc(F)c(S(N)(=O)=NC(=O)Nc2c3c(nc(C)c2-c2ccccc2)CCC3)n1. The fourth-order valence-electron chi connectivity index (χ4n) is 3.84. The number of carbonyl (C=O) groups excluding carboxylic acids is 1. The van der Waals surface area contributed by atoms with E-state index in [0.29, 0.717) is 12.2 Å². The van der Waals surface area contributed by atoms with E-state index in [-0.39, 0.29) is 0 Å². The molecule has 3 N–H and O–H groups in total. The standard InChI is InChI=1S/C21H23FN6O2S/c1-3-28-12-16(22)20(26-28)31(23,30)27-21(29)25-19-15-10-7-11-17(15)24-13(2)18(19)14-8-5-4-6-9-14/h4-6,8-9,12H,3,7,10-11H2,1-2H3,(H3,23,24,25,27,29,30). The van der Waals surface area contributed by atoms with Gasteiger partial charge in [0.1, 0.15) is 0 Å². The number of rotatable bonds is 4. The van der Waals surface area contributed by atoms with Gasteiger partial charge in [0.2, 0.25) is 5.03 Å². The first kappa shape index (κ1) is 21.1. The molecule has 0 aliphatic heterocycles. The molecule has 2 aromatic heterocycles. The van der Waals surface area contributed by atoms with Crippen LogP contribution in [-0.2, 0) is 29.3 Å². The third kappa shape index (κ3) is 4.08. The number of aromatic nitrogens is 3. The van der Waals surface area contributed by atoms with Crippen LogP contribution in [0.1, 0.15) is 30.3 Å². The summed E-state index contributed by atoms with van der Waals surface area (Å²) in [6, 6.07) is 8.64. The number of nitrogens with zero attached hydrogens (tertiary/aromatic N) is 4. The molecular formula is C21H23FN6O2S. The highest BCUT2D eigenvalue weighted by molar-refractivity contribution is 7.91. The molecule has 0 saturated carbocycles. The van der Waals surface area contributed by atoms with E-state index in [0.717, 1.165) is 53.5 Å². The lowest BCUT2D eigenvalue weighted by Crippen LogP contribution is -2.20. The Balaban J connectivity index is 1.77. The van der Waals surface area contributed by atoms with Crippen LogP contribution in [-0.4, -0.2) is 25.0 Å². The van der Waals surface area contributed by atoms with Crippen LogP contribution in [0.4, 0.5) is 14.9 Å². The maximum absolute atomic E-state index is 14.1. The van der Waals surface area contributed by atoms with E-state index in [1.807, 2.05) is 37.3 Å². The summed E-state index contributed by atoms with van der Waals surface area (Å²) in [6.45, 7) is 3.99. The largest absolute Gasteiger partial charge is 0.354 e. The third-order valence-electron chi connectivity index (χ3n) is 5.20. The van der Waals surface area contributed by atoms with Gasteiger partial charge in [-0.2, -0.15) is 5.10 Å². The molecule has 0 spiro atoms. The molecule has 4 rings (SSSR count). The van der Waals surface area contributed by atoms with Crippen molar-refractivity contribution in [2.24, 2.45) is 9.50 Å². The maximum Gasteiger partial charge on any atom is 0.354 e. The summed E-state index contributed by atoms with van der Waals surface area (Å²) in [7, 11) is -3.86. The lowest BCUT2D eigenvalue weighted by Gasteiger charge is -2.17. The number of urea groups is 1. The molecule has 162 valence electrons. The number of amides is 2. The molecule has 0 bridgehead atoms. The van der Waals surface area contributed by atoms with Gasteiger partial charge in [-0.15, -0.1) is 4.36 Å². The number of fused-ring (bicyclic) bond motifs is 1. The summed E-state index contributed by atoms with van der Waals surface area (Å²) in [6.07, 6.45) is 3.57. The van der Waals surface area contributed by atoms with Crippen molar-refractivity contribution < 1.29 is 13.4 Å². The van der Waals surface area contributed by atoms with E-state index in [9.17, 15) is 13.4 Å². The van der Waals surface area contributed by atoms with Crippen molar-refractivity contribution in [3.8, 4) is 11.1 Å². The minimum atomic E-state index is -3.86. The van der Waals surface area contributed by atoms with E-state index >= 15 is 0 Å². The maximum atomic E-state index is 14.1. The fraction of sp³-hybridized carbons (Fsp3) is 0.286. The highest BCUT2D eigenvalue weighted by Crippen LogP contribution is 2.38. The van der Waals surface area contributed by atoms with Crippen LogP contribution in [0, 0.1) is 12.7 Å². The zero-order valence-electron chi connectivity index (χ0n) is 17.3. The number of pyridine rings is 1. The molecule has 2 amide bonds. The Morgan fingerprint density at radius 3 is 2.74 bits per heavy atom. The molecule has 31 heavy (non-hydrogen) atoms. The minimum Gasteiger partial charge on any atom is -0.304 e. The van der Waals surface area contributed by atoms with Crippen LogP contribution in [0.15, 0.2) is 45.9 Å². The molecule has 0 fully saturated rings. The van der Waals surface area contributed by atoms with Gasteiger partial charge in [-0.1, -0.05) is 30.3 Å². The lowest BCUT2D eigenvalue weighted by molar-refractivity contribution is 0.260. The molecule has 0 radical (unpaired) electrons. The van der Waals surface area contributed by atoms with Gasteiger partial charge >= 0.3 is 6.03 Å². The van der Waals surface area contributed by atoms with Crippen molar-refractivity contribution in [3.63, 3.8) is 0 Å². The van der Waals surface area contributed by atoms with E-state index in [4.69, 9.17) is 10.1 Å². The average Bonchev–Trinajstić information content (AvgIpc) is 3.34. The number of hydrogen-bond acceptors (Lipinski definition) is 4. The quantitative estimate of drug-likeness (QED) is 0.639. The molecule has 8 nitrogen and oxygen atoms in total. The van der Waals surface area contributed by atoms with Crippen LogP contribution in [0.2, 0.25) is 0 Å². The Hall–Kier alpha value is -3.11. The average molecular weight is 443 g/mol. The molecular weight excluding hydrogens is 419 g/mol. The zero-order valence-corrected chi connectivity index (χ0v) is 18.1. The van der Waals surface area contributed by atoms with Crippen molar-refractivity contribution in [2.45, 2.75) is 44.7 Å². The number of benzene rings is 1. The Bertz CT molecular complexity index is 1280. The zero-order chi connectivity index (χ0) is 22.2. The van der Waals surface area contributed by atoms with Crippen molar-refractivity contribution in [2.75, 3.05) is 5.32 Å². The Kier molecular flexibility index (Phi) is 5.59. The summed E-state index contributed by atoms with van der Waals surface area (Å²) in [5, 5.41) is 11.8. The number of anilines is 1. The normalized spacial score (nSPS) is 14.7. The smallest absolute Gasteiger partial charge is 0.304 e. The van der Waals surface area contributed by atoms with Gasteiger partial charge in [0, 0.05) is 23.5 Å². The van der Waals surface area contributed by atoms with Gasteiger partial charge in [-0.25, -0.2) is 18.5 Å². The predicted molar refractivity (Wildman–Crippen MR) is 116 cm³/mol. The van der Waals surface area contributed by atoms with E-state index in [2.05, 4.69) is 14.8 Å². The highest BCUT2D eigenvalue weighted by atomic mass is 32.2. The van der Waals surface area contributed by atoms with Crippen molar-refractivity contribution in [1.29, 1.82) is 0 Å². The van der Waals surface area contributed by atoms with Gasteiger partial charge in [0.05, 0.1) is 11.9 Å². The molecule has 2 heterocycles. The number of carbonyl (C=O) groups is 1. The van der Waals surface area contributed by atoms with Gasteiger partial charge in [-0.3, -0.25) is 9.67 Å². The molecule has 10 heteroatoms. The topological polar surface area (TPSA) is 115 Å². The highest BCUT2D eigenvalue weighted by Gasteiger charge is 2.25. The van der Waals surface area contributed by atoms with Crippen LogP contribution in [0.5, 0.6) is 0 Å². The van der Waals surface area contributed by atoms with E-state index in [1.165, 1.54) is 4.68 Å². The summed E-state index contributed by atoms with van der Waals surface area (Å²) in [5.41, 5.74) is 4.86. The van der Waals surface area contributed by atoms with Crippen LogP contribution >= 0.6 is 0 Å². The van der Waals surface area contributed by atoms with Crippen molar-refractivity contribution >= 4 is 21.6 Å². The first-order chi connectivity index (χ1) is 14.8. The molecule has 1 atom stereocenters. The van der Waals surface area contributed by atoms with Crippen molar-refractivity contribution in [1.82, 2.24) is 14.8 Å². The van der Waals surface area contributed by atoms with Crippen LogP contribution in [0.25, 0.3) is 11.1 Å². The first-order valence-corrected chi connectivity index (χ1v) is 11.5. The first-order valence-electron chi connectivity index (χ1n) is 9.96. The number of nitrogens with two attached hydrogens (primary N) is 1. The molecule has 1 unspecified atom stereocenters. The van der Waals surface area contributed by atoms with Crippen molar-refractivity contribution in [3.05, 3.63) is 59.3 Å². The second-order valence-corrected chi connectivity index (χ2v) is 9.03.